The molecule has 2 aliphatic heterocycles. The fourth-order valence-electron chi connectivity index (χ4n) is 4.61. The van der Waals surface area contributed by atoms with E-state index in [0.29, 0.717) is 38.0 Å². The van der Waals surface area contributed by atoms with Crippen LogP contribution in [0.4, 0.5) is 10.5 Å². The van der Waals surface area contributed by atoms with E-state index in [1.165, 1.54) is 21.3 Å². The number of anilines is 1. The van der Waals surface area contributed by atoms with Crippen molar-refractivity contribution in [2.45, 2.75) is 61.8 Å². The smallest absolute Gasteiger partial charge is 0.325 e. The third-order valence-corrected chi connectivity index (χ3v) is 8.24. The molecule has 31 heavy (non-hydrogen) atoms. The van der Waals surface area contributed by atoms with E-state index in [0.717, 1.165) is 25.7 Å². The second-order valence-corrected chi connectivity index (χ2v) is 10.4. The molecule has 0 unspecified atom stereocenters. The van der Waals surface area contributed by atoms with Crippen LogP contribution in [-0.4, -0.2) is 60.6 Å². The number of rotatable bonds is 7. The fourth-order valence-corrected chi connectivity index (χ4v) is 6.12. The number of hydrogen-bond acceptors (Lipinski definition) is 5. The highest BCUT2D eigenvalue weighted by molar-refractivity contribution is 7.89. The van der Waals surface area contributed by atoms with E-state index in [2.05, 4.69) is 10.6 Å². The summed E-state index contributed by atoms with van der Waals surface area (Å²) in [7, 11) is -3.48. The zero-order valence-electron chi connectivity index (χ0n) is 17.4. The Morgan fingerprint density at radius 2 is 1.68 bits per heavy atom. The van der Waals surface area contributed by atoms with Crippen LogP contribution in [0.3, 0.4) is 0 Å². The molecule has 1 aromatic rings. The topological polar surface area (TPSA) is 116 Å². The predicted molar refractivity (Wildman–Crippen MR) is 114 cm³/mol. The van der Waals surface area contributed by atoms with E-state index < -0.39 is 15.6 Å². The molecular formula is C21H28N4O5S. The summed E-state index contributed by atoms with van der Waals surface area (Å²) in [4.78, 5) is 38.4. The number of amides is 4. The van der Waals surface area contributed by atoms with Gasteiger partial charge >= 0.3 is 6.03 Å². The third kappa shape index (κ3) is 4.31. The van der Waals surface area contributed by atoms with E-state index in [9.17, 15) is 22.8 Å². The van der Waals surface area contributed by atoms with Gasteiger partial charge in [0, 0.05) is 31.7 Å². The Kier molecular flexibility index (Phi) is 6.02. The second-order valence-electron chi connectivity index (χ2n) is 8.46. The maximum Gasteiger partial charge on any atom is 0.325 e. The Bertz CT molecular complexity index is 964. The predicted octanol–water partition coefficient (Wildman–Crippen LogP) is 2.05. The highest BCUT2D eigenvalue weighted by atomic mass is 32.2. The van der Waals surface area contributed by atoms with Gasteiger partial charge in [-0.15, -0.1) is 0 Å². The average molecular weight is 449 g/mol. The number of imide groups is 1. The van der Waals surface area contributed by atoms with E-state index in [1.54, 1.807) is 12.1 Å². The Hall–Kier alpha value is -2.46. The summed E-state index contributed by atoms with van der Waals surface area (Å²) in [5, 5.41) is 5.56. The van der Waals surface area contributed by atoms with Gasteiger partial charge in [0.1, 0.15) is 5.54 Å². The van der Waals surface area contributed by atoms with E-state index in [-0.39, 0.29) is 35.7 Å². The molecule has 4 rings (SSSR count). The van der Waals surface area contributed by atoms with Crippen molar-refractivity contribution in [2.75, 3.05) is 25.0 Å². The minimum Gasteiger partial charge on any atom is -0.326 e. The highest BCUT2D eigenvalue weighted by Gasteiger charge is 2.52. The Morgan fingerprint density at radius 3 is 2.32 bits per heavy atom. The lowest BCUT2D eigenvalue weighted by Crippen LogP contribution is -2.44. The summed E-state index contributed by atoms with van der Waals surface area (Å²) in [6.45, 7) is 1.28. The lowest BCUT2D eigenvalue weighted by atomic mass is 9.98. The molecule has 0 radical (unpaired) electrons. The van der Waals surface area contributed by atoms with Gasteiger partial charge in [0.2, 0.25) is 15.9 Å². The van der Waals surface area contributed by atoms with Gasteiger partial charge in [-0.05, 0) is 56.4 Å². The quantitative estimate of drug-likeness (QED) is 0.620. The van der Waals surface area contributed by atoms with Crippen LogP contribution in [0, 0.1) is 0 Å². The summed E-state index contributed by atoms with van der Waals surface area (Å²) in [6, 6.07) is 5.77. The minimum atomic E-state index is -3.48. The first kappa shape index (κ1) is 21.8. The summed E-state index contributed by atoms with van der Waals surface area (Å²) >= 11 is 0. The maximum atomic E-state index is 12.6. The van der Waals surface area contributed by atoms with E-state index in [1.807, 2.05) is 0 Å². The van der Waals surface area contributed by atoms with Crippen LogP contribution in [0.1, 0.15) is 51.4 Å². The van der Waals surface area contributed by atoms with E-state index in [4.69, 9.17) is 0 Å². The van der Waals surface area contributed by atoms with Gasteiger partial charge in [-0.3, -0.25) is 14.5 Å². The Morgan fingerprint density at radius 1 is 1.03 bits per heavy atom. The largest absolute Gasteiger partial charge is 0.326 e. The molecule has 10 heteroatoms. The first-order valence-corrected chi connectivity index (χ1v) is 12.3. The van der Waals surface area contributed by atoms with E-state index >= 15 is 0 Å². The van der Waals surface area contributed by atoms with Crippen LogP contribution in [0.15, 0.2) is 29.2 Å². The second kappa shape index (κ2) is 8.58. The zero-order chi connectivity index (χ0) is 22.1. The first-order valence-electron chi connectivity index (χ1n) is 10.9. The molecule has 4 amide bonds. The normalized spacial score (nSPS) is 21.1. The van der Waals surface area contributed by atoms with Crippen LogP contribution in [0.5, 0.6) is 0 Å². The Balaban J connectivity index is 1.26. The van der Waals surface area contributed by atoms with Crippen LogP contribution in [-0.2, 0) is 19.6 Å². The molecule has 3 fully saturated rings. The molecule has 0 aromatic heterocycles. The standard InChI is InChI=1S/C21H28N4O5S/c26-18(6-5-15-25-19(27)21(23-20(25)28)11-1-2-12-21)22-16-7-9-17(10-8-16)31(29,30)24-13-3-4-14-24/h7-10H,1-6,11-15H2,(H,22,26)(H,23,28). The molecule has 1 aliphatic carbocycles. The van der Waals surface area contributed by atoms with Crippen molar-refractivity contribution < 1.29 is 22.8 Å². The molecule has 2 heterocycles. The Labute approximate surface area is 182 Å². The number of carbonyl (C=O) groups excluding carboxylic acids is 3. The monoisotopic (exact) mass is 448 g/mol. The average Bonchev–Trinajstić information content (AvgIpc) is 3.48. The first-order chi connectivity index (χ1) is 14.8. The molecule has 0 bridgehead atoms. The summed E-state index contributed by atoms with van der Waals surface area (Å²) < 4.78 is 26.6. The third-order valence-electron chi connectivity index (χ3n) is 6.33. The number of urea groups is 1. The van der Waals surface area contributed by atoms with Crippen molar-refractivity contribution in [3.63, 3.8) is 0 Å². The number of nitrogens with one attached hydrogen (secondary N) is 2. The summed E-state index contributed by atoms with van der Waals surface area (Å²) in [6.07, 6.45) is 5.48. The molecule has 1 spiro atoms. The van der Waals surface area contributed by atoms with Gasteiger partial charge < -0.3 is 10.6 Å². The number of benzene rings is 1. The lowest BCUT2D eigenvalue weighted by molar-refractivity contribution is -0.131. The SMILES string of the molecule is O=C(CCCN1C(=O)NC2(CCCC2)C1=O)Nc1ccc(S(=O)(=O)N2CCCC2)cc1. The van der Waals surface area contributed by atoms with Crippen molar-refractivity contribution in [3.8, 4) is 0 Å². The molecule has 168 valence electrons. The van der Waals surface area contributed by atoms with Crippen LogP contribution < -0.4 is 10.6 Å². The molecule has 2 saturated heterocycles. The summed E-state index contributed by atoms with van der Waals surface area (Å²) in [5.74, 6) is -0.428. The molecule has 2 N–H and O–H groups in total. The molecule has 3 aliphatic rings. The zero-order valence-corrected chi connectivity index (χ0v) is 18.2. The number of hydrogen-bond donors (Lipinski definition) is 2. The van der Waals surface area contributed by atoms with Gasteiger partial charge in [0.15, 0.2) is 0 Å². The van der Waals surface area contributed by atoms with Gasteiger partial charge in [0.25, 0.3) is 5.91 Å². The number of carbonyl (C=O) groups is 3. The van der Waals surface area contributed by atoms with Gasteiger partial charge in [-0.25, -0.2) is 13.2 Å². The maximum absolute atomic E-state index is 12.6. The summed E-state index contributed by atoms with van der Waals surface area (Å²) in [5.41, 5.74) is -0.221. The molecule has 0 atom stereocenters. The van der Waals surface area contributed by atoms with Crippen molar-refractivity contribution >= 4 is 33.6 Å². The van der Waals surface area contributed by atoms with Crippen molar-refractivity contribution in [3.05, 3.63) is 24.3 Å². The minimum absolute atomic E-state index is 0.151. The molecule has 9 nitrogen and oxygen atoms in total. The van der Waals surface area contributed by atoms with Crippen molar-refractivity contribution in [1.29, 1.82) is 0 Å². The van der Waals surface area contributed by atoms with Gasteiger partial charge in [-0.1, -0.05) is 12.8 Å². The van der Waals surface area contributed by atoms with Crippen LogP contribution in [0.2, 0.25) is 0 Å². The molecule has 1 saturated carbocycles. The van der Waals surface area contributed by atoms with Gasteiger partial charge in [-0.2, -0.15) is 4.31 Å². The number of sulfonamides is 1. The fraction of sp³-hybridized carbons (Fsp3) is 0.571. The van der Waals surface area contributed by atoms with Crippen LogP contribution >= 0.6 is 0 Å². The molecule has 1 aromatic carbocycles. The van der Waals surface area contributed by atoms with Crippen molar-refractivity contribution in [2.24, 2.45) is 0 Å². The van der Waals surface area contributed by atoms with Crippen LogP contribution in [0.25, 0.3) is 0 Å². The number of nitrogens with zero attached hydrogens (tertiary/aromatic N) is 2. The van der Waals surface area contributed by atoms with Crippen molar-refractivity contribution in [1.82, 2.24) is 14.5 Å². The molecular weight excluding hydrogens is 420 g/mol. The highest BCUT2D eigenvalue weighted by Crippen LogP contribution is 2.35. The lowest BCUT2D eigenvalue weighted by Gasteiger charge is -2.19. The van der Waals surface area contributed by atoms with Gasteiger partial charge in [0.05, 0.1) is 4.90 Å².